The first kappa shape index (κ1) is 11.1. The molecule has 1 aliphatic carbocycles. The molecule has 2 rings (SSSR count). The zero-order valence-corrected chi connectivity index (χ0v) is 8.74. The Kier molecular flexibility index (Phi) is 3.22. The maximum Gasteiger partial charge on any atom is 0.338 e. The quantitative estimate of drug-likeness (QED) is 0.734. The summed E-state index contributed by atoms with van der Waals surface area (Å²) < 4.78 is 5.12. The summed E-state index contributed by atoms with van der Waals surface area (Å²) in [5, 5.41) is 18.4. The van der Waals surface area contributed by atoms with E-state index in [4.69, 9.17) is 9.84 Å². The van der Waals surface area contributed by atoms with Crippen LogP contribution in [0.1, 0.15) is 16.8 Å². The molecule has 0 heterocycles. The van der Waals surface area contributed by atoms with Gasteiger partial charge in [0, 0.05) is 12.5 Å². The minimum absolute atomic E-state index is 0.0689. The van der Waals surface area contributed by atoms with Gasteiger partial charge >= 0.3 is 5.97 Å². The molecule has 0 aromatic heterocycles. The summed E-state index contributed by atoms with van der Waals surface area (Å²) in [6.45, 7) is -0.0689. The zero-order chi connectivity index (χ0) is 11.5. The Labute approximate surface area is 93.5 Å². The summed E-state index contributed by atoms with van der Waals surface area (Å²) in [5.41, 5.74) is 0.474. The van der Waals surface area contributed by atoms with E-state index < -0.39 is 18.2 Å². The molecule has 3 atom stereocenters. The lowest BCUT2D eigenvalue weighted by atomic mass is 9.79. The lowest BCUT2D eigenvalue weighted by Crippen LogP contribution is -2.50. The number of benzene rings is 1. The van der Waals surface area contributed by atoms with Gasteiger partial charge in [0.15, 0.2) is 0 Å². The lowest BCUT2D eigenvalue weighted by Gasteiger charge is -2.39. The highest BCUT2D eigenvalue weighted by Gasteiger charge is 2.42. The minimum atomic E-state index is -0.738. The van der Waals surface area contributed by atoms with Gasteiger partial charge in [-0.2, -0.15) is 0 Å². The molecule has 4 heteroatoms. The van der Waals surface area contributed by atoms with Gasteiger partial charge in [-0.3, -0.25) is 0 Å². The molecule has 0 bridgehead atoms. The molecule has 2 N–H and O–H groups in total. The van der Waals surface area contributed by atoms with Crippen LogP contribution in [0.5, 0.6) is 0 Å². The minimum Gasteiger partial charge on any atom is -0.456 e. The Morgan fingerprint density at radius 1 is 1.38 bits per heavy atom. The molecule has 0 aliphatic heterocycles. The van der Waals surface area contributed by atoms with E-state index in [9.17, 15) is 9.90 Å². The fraction of sp³-hybridized carbons (Fsp3) is 0.417. The molecule has 1 aromatic carbocycles. The van der Waals surface area contributed by atoms with Crippen LogP contribution in [0.4, 0.5) is 0 Å². The monoisotopic (exact) mass is 222 g/mol. The molecule has 1 aromatic rings. The van der Waals surface area contributed by atoms with Crippen LogP contribution >= 0.6 is 0 Å². The fourth-order valence-electron chi connectivity index (χ4n) is 1.77. The topological polar surface area (TPSA) is 66.8 Å². The summed E-state index contributed by atoms with van der Waals surface area (Å²) in [6.07, 6.45) is -0.696. The molecular formula is C12H14O4. The van der Waals surface area contributed by atoms with Crippen LogP contribution in [-0.4, -0.2) is 35.0 Å². The van der Waals surface area contributed by atoms with Crippen molar-refractivity contribution >= 4 is 5.97 Å². The zero-order valence-electron chi connectivity index (χ0n) is 8.74. The van der Waals surface area contributed by atoms with Gasteiger partial charge in [0.25, 0.3) is 0 Å². The highest BCUT2D eigenvalue weighted by molar-refractivity contribution is 5.89. The normalized spacial score (nSPS) is 28.2. The van der Waals surface area contributed by atoms with E-state index in [2.05, 4.69) is 0 Å². The van der Waals surface area contributed by atoms with Crippen LogP contribution in [0, 0.1) is 5.92 Å². The van der Waals surface area contributed by atoms with Crippen molar-refractivity contribution in [3.8, 4) is 0 Å². The average molecular weight is 222 g/mol. The van der Waals surface area contributed by atoms with E-state index in [0.29, 0.717) is 12.0 Å². The van der Waals surface area contributed by atoms with Crippen molar-refractivity contribution in [1.29, 1.82) is 0 Å². The van der Waals surface area contributed by atoms with Gasteiger partial charge in [0.05, 0.1) is 11.7 Å². The van der Waals surface area contributed by atoms with Crippen molar-refractivity contribution in [2.45, 2.75) is 18.6 Å². The Bertz CT molecular complexity index is 363. The van der Waals surface area contributed by atoms with E-state index in [1.165, 1.54) is 0 Å². The molecule has 1 saturated carbocycles. The number of rotatable bonds is 3. The van der Waals surface area contributed by atoms with E-state index in [1.54, 1.807) is 24.3 Å². The van der Waals surface area contributed by atoms with Crippen LogP contribution in [0.3, 0.4) is 0 Å². The highest BCUT2D eigenvalue weighted by atomic mass is 16.6. The van der Waals surface area contributed by atoms with Gasteiger partial charge in [-0.1, -0.05) is 18.2 Å². The van der Waals surface area contributed by atoms with Crippen molar-refractivity contribution in [2.75, 3.05) is 6.61 Å². The number of aliphatic hydroxyl groups is 2. The SMILES string of the molecule is O=C(OC1CC(CO)C1O)c1ccccc1. The number of ether oxygens (including phenoxy) is 1. The maximum atomic E-state index is 11.6. The fourth-order valence-corrected chi connectivity index (χ4v) is 1.77. The third-order valence-corrected chi connectivity index (χ3v) is 2.90. The third kappa shape index (κ3) is 2.08. The Balaban J connectivity index is 1.90. The van der Waals surface area contributed by atoms with Gasteiger partial charge in [0.1, 0.15) is 6.10 Å². The van der Waals surface area contributed by atoms with Gasteiger partial charge in [-0.05, 0) is 18.6 Å². The first-order valence-corrected chi connectivity index (χ1v) is 5.27. The summed E-state index contributed by atoms with van der Waals surface area (Å²) in [4.78, 5) is 11.6. The summed E-state index contributed by atoms with van der Waals surface area (Å²) in [6, 6.07) is 8.65. The molecule has 0 saturated heterocycles. The summed E-state index contributed by atoms with van der Waals surface area (Å²) in [7, 11) is 0. The predicted octanol–water partition coefficient (Wildman–Crippen LogP) is 0.585. The molecule has 1 aliphatic rings. The molecule has 3 unspecified atom stereocenters. The van der Waals surface area contributed by atoms with Gasteiger partial charge in [-0.15, -0.1) is 0 Å². The number of esters is 1. The Morgan fingerprint density at radius 3 is 2.62 bits per heavy atom. The van der Waals surface area contributed by atoms with Crippen LogP contribution in [0.2, 0.25) is 0 Å². The van der Waals surface area contributed by atoms with Gasteiger partial charge in [-0.25, -0.2) is 4.79 Å². The number of hydrogen-bond donors (Lipinski definition) is 2. The van der Waals surface area contributed by atoms with E-state index >= 15 is 0 Å². The second-order valence-corrected chi connectivity index (χ2v) is 3.98. The van der Waals surface area contributed by atoms with Crippen LogP contribution in [0.15, 0.2) is 30.3 Å². The molecule has 4 nitrogen and oxygen atoms in total. The maximum absolute atomic E-state index is 11.6. The number of carbonyl (C=O) groups excluding carboxylic acids is 1. The molecule has 16 heavy (non-hydrogen) atoms. The number of hydrogen-bond acceptors (Lipinski definition) is 4. The van der Waals surface area contributed by atoms with E-state index in [0.717, 1.165) is 0 Å². The first-order chi connectivity index (χ1) is 7.72. The Hall–Kier alpha value is -1.39. The molecule has 1 fully saturated rings. The molecule has 0 radical (unpaired) electrons. The second-order valence-electron chi connectivity index (χ2n) is 3.98. The number of aliphatic hydroxyl groups excluding tert-OH is 2. The Morgan fingerprint density at radius 2 is 2.06 bits per heavy atom. The smallest absolute Gasteiger partial charge is 0.338 e. The van der Waals surface area contributed by atoms with Crippen LogP contribution in [0.25, 0.3) is 0 Å². The predicted molar refractivity (Wildman–Crippen MR) is 56.8 cm³/mol. The highest BCUT2D eigenvalue weighted by Crippen LogP contribution is 2.30. The van der Waals surface area contributed by atoms with Crippen molar-refractivity contribution in [3.63, 3.8) is 0 Å². The third-order valence-electron chi connectivity index (χ3n) is 2.90. The van der Waals surface area contributed by atoms with Crippen LogP contribution in [-0.2, 0) is 4.74 Å². The van der Waals surface area contributed by atoms with Gasteiger partial charge < -0.3 is 14.9 Å². The van der Waals surface area contributed by atoms with Crippen molar-refractivity contribution in [3.05, 3.63) is 35.9 Å². The summed E-state index contributed by atoms with van der Waals surface area (Å²) in [5.74, 6) is -0.588. The number of carbonyl (C=O) groups is 1. The van der Waals surface area contributed by atoms with Crippen molar-refractivity contribution in [1.82, 2.24) is 0 Å². The molecule has 0 spiro atoms. The van der Waals surface area contributed by atoms with Crippen LogP contribution < -0.4 is 0 Å². The molecule has 86 valence electrons. The van der Waals surface area contributed by atoms with E-state index in [1.807, 2.05) is 6.07 Å². The lowest BCUT2D eigenvalue weighted by molar-refractivity contribution is -0.122. The van der Waals surface area contributed by atoms with E-state index in [-0.39, 0.29) is 12.5 Å². The van der Waals surface area contributed by atoms with Gasteiger partial charge in [0.2, 0.25) is 0 Å². The largest absolute Gasteiger partial charge is 0.456 e. The molecule has 0 amide bonds. The summed E-state index contributed by atoms with van der Waals surface area (Å²) >= 11 is 0. The molecular weight excluding hydrogens is 208 g/mol. The van der Waals surface area contributed by atoms with Crippen molar-refractivity contribution in [2.24, 2.45) is 5.92 Å². The standard InChI is InChI=1S/C12H14O4/c13-7-9-6-10(11(9)14)16-12(15)8-4-2-1-3-5-8/h1-5,9-11,13-14H,6-7H2. The van der Waals surface area contributed by atoms with Crippen molar-refractivity contribution < 1.29 is 19.7 Å². The average Bonchev–Trinajstić information content (AvgIpc) is 2.34. The first-order valence-electron chi connectivity index (χ1n) is 5.27. The second kappa shape index (κ2) is 4.63.